The minimum atomic E-state index is -0.163. The Kier molecular flexibility index (Phi) is 2.70. The fraction of sp³-hybridized carbons (Fsp3) is 0.714. The van der Waals surface area contributed by atoms with Crippen LogP contribution in [0.2, 0.25) is 0 Å². The molecule has 1 amide bonds. The number of nitrogens with zero attached hydrogens (tertiary/aromatic N) is 2. The number of isocyanates is 1. The van der Waals surface area contributed by atoms with Gasteiger partial charge in [0.25, 0.3) is 6.08 Å². The molecule has 0 radical (unpaired) electrons. The summed E-state index contributed by atoms with van der Waals surface area (Å²) in [5.74, 6) is -0.137. The summed E-state index contributed by atoms with van der Waals surface area (Å²) in [4.78, 5) is 21.2. The molecule has 1 heterocycles. The highest BCUT2D eigenvalue weighted by Gasteiger charge is 2.36. The van der Waals surface area contributed by atoms with Gasteiger partial charge in [0, 0.05) is 5.10 Å². The van der Waals surface area contributed by atoms with E-state index in [-0.39, 0.29) is 10.5 Å². The molecule has 0 atom stereocenters. The summed E-state index contributed by atoms with van der Waals surface area (Å²) in [5.41, 5.74) is 0. The van der Waals surface area contributed by atoms with E-state index >= 15 is 0 Å². The summed E-state index contributed by atoms with van der Waals surface area (Å²) >= 11 is 0. The summed E-state index contributed by atoms with van der Waals surface area (Å²) in [6, 6.07) is 0. The lowest BCUT2D eigenvalue weighted by molar-refractivity contribution is -0.868. The molecule has 1 fully saturated rings. The van der Waals surface area contributed by atoms with Crippen molar-refractivity contribution in [2.45, 2.75) is 6.92 Å². The minimum absolute atomic E-state index is 0.137. The molecule has 0 spiro atoms. The van der Waals surface area contributed by atoms with Crippen LogP contribution in [0, 0.1) is 0 Å². The fourth-order valence-corrected chi connectivity index (χ4v) is 1.21. The number of carbonyl (C=O) groups is 1. The van der Waals surface area contributed by atoms with E-state index in [9.17, 15) is 9.59 Å². The quantitative estimate of drug-likeness (QED) is 0.307. The molecule has 0 aliphatic carbocycles. The molecule has 0 bridgehead atoms. The number of hydrogen-bond donors (Lipinski definition) is 0. The van der Waals surface area contributed by atoms with Crippen LogP contribution in [0.3, 0.4) is 0 Å². The van der Waals surface area contributed by atoms with Crippen molar-refractivity contribution in [1.82, 2.24) is 0 Å². The highest BCUT2D eigenvalue weighted by Crippen LogP contribution is 2.11. The SMILES string of the molecule is CC(=O)[N+]1(N=C=O)CCOCC1. The van der Waals surface area contributed by atoms with Crippen LogP contribution in [0.5, 0.6) is 0 Å². The van der Waals surface area contributed by atoms with Crippen LogP contribution in [0.4, 0.5) is 0 Å². The van der Waals surface area contributed by atoms with Gasteiger partial charge >= 0.3 is 5.91 Å². The van der Waals surface area contributed by atoms with E-state index in [2.05, 4.69) is 5.10 Å². The Morgan fingerprint density at radius 1 is 1.50 bits per heavy atom. The van der Waals surface area contributed by atoms with Gasteiger partial charge in [0.2, 0.25) is 0 Å². The normalized spacial score (nSPS) is 21.1. The summed E-state index contributed by atoms with van der Waals surface area (Å²) in [7, 11) is 0. The zero-order valence-electron chi connectivity index (χ0n) is 6.95. The van der Waals surface area contributed by atoms with Crippen molar-refractivity contribution in [1.29, 1.82) is 0 Å². The largest absolute Gasteiger partial charge is 0.370 e. The summed E-state index contributed by atoms with van der Waals surface area (Å²) in [5, 5.41) is 3.52. The molecule has 12 heavy (non-hydrogen) atoms. The zero-order valence-corrected chi connectivity index (χ0v) is 6.95. The predicted octanol–water partition coefficient (Wildman–Crippen LogP) is -0.369. The van der Waals surface area contributed by atoms with Crippen LogP contribution >= 0.6 is 0 Å². The maximum atomic E-state index is 11.2. The molecule has 5 heteroatoms. The molecule has 1 aliphatic heterocycles. The Hall–Kier alpha value is -1.03. The Labute approximate surface area is 70.2 Å². The lowest BCUT2D eigenvalue weighted by Gasteiger charge is -2.29. The first kappa shape index (κ1) is 9.06. The molecule has 0 aromatic rings. The van der Waals surface area contributed by atoms with Gasteiger partial charge in [0.05, 0.1) is 20.1 Å². The van der Waals surface area contributed by atoms with Crippen LogP contribution < -0.4 is 0 Å². The van der Waals surface area contributed by atoms with Crippen molar-refractivity contribution < 1.29 is 18.9 Å². The molecule has 0 unspecified atom stereocenters. The number of amides is 1. The van der Waals surface area contributed by atoms with E-state index in [1.807, 2.05) is 0 Å². The Morgan fingerprint density at radius 2 is 2.08 bits per heavy atom. The fourth-order valence-electron chi connectivity index (χ4n) is 1.21. The van der Waals surface area contributed by atoms with Crippen LogP contribution in [-0.2, 0) is 14.3 Å². The smallest absolute Gasteiger partial charge is 0.337 e. The summed E-state index contributed by atoms with van der Waals surface area (Å²) < 4.78 is 4.90. The van der Waals surface area contributed by atoms with E-state index in [0.29, 0.717) is 26.3 Å². The lowest BCUT2D eigenvalue weighted by atomic mass is 10.4. The first-order chi connectivity index (χ1) is 5.71. The van der Waals surface area contributed by atoms with Crippen molar-refractivity contribution in [3.63, 3.8) is 0 Å². The third-order valence-corrected chi connectivity index (χ3v) is 2.03. The molecule has 0 aromatic carbocycles. The monoisotopic (exact) mass is 171 g/mol. The zero-order chi connectivity index (χ0) is 9.03. The average molecular weight is 171 g/mol. The summed E-state index contributed by atoms with van der Waals surface area (Å²) in [6.45, 7) is 3.22. The third-order valence-electron chi connectivity index (χ3n) is 2.03. The third kappa shape index (κ3) is 1.58. The molecule has 1 rings (SSSR count). The van der Waals surface area contributed by atoms with E-state index in [1.165, 1.54) is 13.0 Å². The molecule has 66 valence electrons. The Morgan fingerprint density at radius 3 is 2.50 bits per heavy atom. The van der Waals surface area contributed by atoms with Gasteiger partial charge in [0.1, 0.15) is 13.1 Å². The highest BCUT2D eigenvalue weighted by atomic mass is 16.5. The van der Waals surface area contributed by atoms with Gasteiger partial charge < -0.3 is 4.74 Å². The van der Waals surface area contributed by atoms with Gasteiger partial charge in [-0.3, -0.25) is 0 Å². The number of carbonyl (C=O) groups excluding carboxylic acids is 2. The number of morpholine rings is 1. The Balaban J connectivity index is 2.83. The predicted molar refractivity (Wildman–Crippen MR) is 39.6 cm³/mol. The molecule has 1 saturated heterocycles. The van der Waals surface area contributed by atoms with Gasteiger partial charge in [-0.05, 0) is 0 Å². The van der Waals surface area contributed by atoms with Crippen molar-refractivity contribution in [2.24, 2.45) is 5.10 Å². The van der Waals surface area contributed by atoms with Crippen molar-refractivity contribution >= 4 is 12.0 Å². The second-order valence-corrected chi connectivity index (χ2v) is 2.69. The van der Waals surface area contributed by atoms with Crippen molar-refractivity contribution in [3.05, 3.63) is 0 Å². The number of ether oxygens (including phenoxy) is 1. The van der Waals surface area contributed by atoms with Gasteiger partial charge in [-0.15, -0.1) is 4.59 Å². The average Bonchev–Trinajstić information content (AvgIpc) is 2.06. The van der Waals surface area contributed by atoms with Crippen LogP contribution in [-0.4, -0.2) is 42.9 Å². The van der Waals surface area contributed by atoms with Crippen LogP contribution in [0.25, 0.3) is 0 Å². The summed E-state index contributed by atoms with van der Waals surface area (Å²) in [6.07, 6.45) is 1.43. The van der Waals surface area contributed by atoms with E-state index in [1.54, 1.807) is 0 Å². The molecule has 5 nitrogen and oxygen atoms in total. The minimum Gasteiger partial charge on any atom is -0.370 e. The van der Waals surface area contributed by atoms with E-state index in [0.717, 1.165) is 0 Å². The number of rotatable bonds is 1. The molecule has 0 saturated carbocycles. The molecule has 1 aliphatic rings. The first-order valence-corrected chi connectivity index (χ1v) is 3.77. The second-order valence-electron chi connectivity index (χ2n) is 2.69. The topological polar surface area (TPSA) is 55.7 Å². The maximum Gasteiger partial charge on any atom is 0.337 e. The van der Waals surface area contributed by atoms with Gasteiger partial charge in [0.15, 0.2) is 0 Å². The molecular formula is C7H11N2O3+. The molecule has 0 aromatic heterocycles. The van der Waals surface area contributed by atoms with Gasteiger partial charge in [-0.25, -0.2) is 9.59 Å². The van der Waals surface area contributed by atoms with Crippen molar-refractivity contribution in [2.75, 3.05) is 26.3 Å². The van der Waals surface area contributed by atoms with Crippen LogP contribution in [0.1, 0.15) is 6.92 Å². The Bertz CT molecular complexity index is 223. The van der Waals surface area contributed by atoms with E-state index < -0.39 is 0 Å². The van der Waals surface area contributed by atoms with E-state index in [4.69, 9.17) is 4.74 Å². The maximum absolute atomic E-state index is 11.2. The number of quaternary nitrogens is 1. The standard InChI is InChI=1S/C7H11N2O3/c1-7(11)9(8-6-10)2-4-12-5-3-9/h2-5H2,1H3/q+1. The molecular weight excluding hydrogens is 160 g/mol. The first-order valence-electron chi connectivity index (χ1n) is 3.77. The second kappa shape index (κ2) is 3.58. The highest BCUT2D eigenvalue weighted by molar-refractivity contribution is 5.66. The van der Waals surface area contributed by atoms with Gasteiger partial charge in [-0.1, -0.05) is 0 Å². The van der Waals surface area contributed by atoms with Crippen molar-refractivity contribution in [3.8, 4) is 0 Å². The molecule has 0 N–H and O–H groups in total. The number of hydrogen-bond acceptors (Lipinski definition) is 4. The lowest BCUT2D eigenvalue weighted by Crippen LogP contribution is -2.53. The van der Waals surface area contributed by atoms with Gasteiger partial charge in [-0.2, -0.15) is 0 Å². The van der Waals surface area contributed by atoms with Crippen LogP contribution in [0.15, 0.2) is 5.10 Å².